The van der Waals surface area contributed by atoms with Gasteiger partial charge < -0.3 is 9.67 Å². The van der Waals surface area contributed by atoms with Crippen LogP contribution in [-0.4, -0.2) is 25.6 Å². The van der Waals surface area contributed by atoms with Crippen molar-refractivity contribution in [1.82, 2.24) is 14.5 Å². The van der Waals surface area contributed by atoms with E-state index in [4.69, 9.17) is 28.3 Å². The summed E-state index contributed by atoms with van der Waals surface area (Å²) in [6, 6.07) is 0.803. The predicted molar refractivity (Wildman–Crippen MR) is 85.8 cm³/mol. The van der Waals surface area contributed by atoms with Crippen LogP contribution in [0.25, 0.3) is 0 Å². The van der Waals surface area contributed by atoms with Crippen LogP contribution in [0.5, 0.6) is 0 Å². The highest BCUT2D eigenvalue weighted by Crippen LogP contribution is 2.31. The summed E-state index contributed by atoms with van der Waals surface area (Å²) in [6.07, 6.45) is -3.71. The van der Waals surface area contributed by atoms with Gasteiger partial charge in [-0.1, -0.05) is 30.1 Å². The molecule has 0 radical (unpaired) electrons. The van der Waals surface area contributed by atoms with Crippen molar-refractivity contribution >= 4 is 29.2 Å². The largest absolute Gasteiger partial charge is 0.481 e. The number of aliphatic carboxylic acids is 1. The minimum absolute atomic E-state index is 0.0319. The van der Waals surface area contributed by atoms with Crippen molar-refractivity contribution in [2.24, 2.45) is 5.92 Å². The van der Waals surface area contributed by atoms with Crippen molar-refractivity contribution in [3.05, 3.63) is 45.2 Å². The minimum atomic E-state index is -4.54. The first-order valence-electron chi connectivity index (χ1n) is 7.16. The molecule has 1 atom stereocenters. The summed E-state index contributed by atoms with van der Waals surface area (Å²) in [5, 5.41) is 9.06. The van der Waals surface area contributed by atoms with E-state index < -0.39 is 23.6 Å². The van der Waals surface area contributed by atoms with Crippen molar-refractivity contribution in [1.29, 1.82) is 0 Å². The Bertz CT molecular complexity index is 806. The molecule has 1 N–H and O–H groups in total. The zero-order chi connectivity index (χ0) is 18.9. The summed E-state index contributed by atoms with van der Waals surface area (Å²) in [4.78, 5) is 18.9. The van der Waals surface area contributed by atoms with E-state index in [1.165, 1.54) is 6.92 Å². The maximum atomic E-state index is 12.7. The SMILES string of the molecule is Cc1nc(Cl)c(CC(C)C(=O)O)n1Cc1ncc(C(F)(F)F)cc1Cl. The highest BCUT2D eigenvalue weighted by molar-refractivity contribution is 6.31. The lowest BCUT2D eigenvalue weighted by atomic mass is 10.1. The Morgan fingerprint density at radius 1 is 1.40 bits per heavy atom. The molecule has 0 saturated carbocycles. The molecule has 0 aliphatic heterocycles. The maximum Gasteiger partial charge on any atom is 0.417 e. The first kappa shape index (κ1) is 19.5. The van der Waals surface area contributed by atoms with Crippen molar-refractivity contribution in [3.63, 3.8) is 0 Å². The first-order valence-corrected chi connectivity index (χ1v) is 7.92. The summed E-state index contributed by atoms with van der Waals surface area (Å²) in [6.45, 7) is 3.21. The van der Waals surface area contributed by atoms with Crippen molar-refractivity contribution in [3.8, 4) is 0 Å². The number of carboxylic acids is 1. The normalized spacial score (nSPS) is 13.1. The van der Waals surface area contributed by atoms with Gasteiger partial charge in [0, 0.05) is 12.6 Å². The third kappa shape index (κ3) is 4.43. The summed E-state index contributed by atoms with van der Waals surface area (Å²) < 4.78 is 39.7. The zero-order valence-corrected chi connectivity index (χ0v) is 14.7. The number of halogens is 5. The molecule has 2 rings (SSSR count). The molecule has 10 heteroatoms. The number of alkyl halides is 3. The fraction of sp³-hybridized carbons (Fsp3) is 0.400. The van der Waals surface area contributed by atoms with E-state index in [1.807, 2.05) is 0 Å². The van der Waals surface area contributed by atoms with Crippen molar-refractivity contribution in [2.75, 3.05) is 0 Å². The van der Waals surface area contributed by atoms with Gasteiger partial charge >= 0.3 is 12.1 Å². The molecule has 0 aromatic carbocycles. The topological polar surface area (TPSA) is 68.0 Å². The van der Waals surface area contributed by atoms with E-state index in [-0.39, 0.29) is 28.8 Å². The lowest BCUT2D eigenvalue weighted by Crippen LogP contribution is -2.17. The van der Waals surface area contributed by atoms with Crippen LogP contribution in [0, 0.1) is 12.8 Å². The minimum Gasteiger partial charge on any atom is -0.481 e. The van der Waals surface area contributed by atoms with E-state index in [0.29, 0.717) is 17.7 Å². The van der Waals surface area contributed by atoms with Crippen LogP contribution in [0.4, 0.5) is 13.2 Å². The number of carboxylic acid groups (broad SMARTS) is 1. The van der Waals surface area contributed by atoms with Gasteiger partial charge in [0.15, 0.2) is 5.15 Å². The van der Waals surface area contributed by atoms with E-state index in [1.54, 1.807) is 11.5 Å². The van der Waals surface area contributed by atoms with Crippen molar-refractivity contribution in [2.45, 2.75) is 33.0 Å². The number of imidazole rings is 1. The van der Waals surface area contributed by atoms with Gasteiger partial charge in [0.05, 0.1) is 34.4 Å². The molecular formula is C15H14Cl2F3N3O2. The maximum absolute atomic E-state index is 12.7. The van der Waals surface area contributed by atoms with Gasteiger partial charge in [0.25, 0.3) is 0 Å². The Morgan fingerprint density at radius 3 is 2.56 bits per heavy atom. The van der Waals surface area contributed by atoms with Crippen LogP contribution in [-0.2, 0) is 23.9 Å². The van der Waals surface area contributed by atoms with Gasteiger partial charge in [-0.3, -0.25) is 9.78 Å². The number of rotatable bonds is 5. The number of aryl methyl sites for hydroxylation is 1. The van der Waals surface area contributed by atoms with Gasteiger partial charge in [0.1, 0.15) is 5.82 Å². The quantitative estimate of drug-likeness (QED) is 0.822. The predicted octanol–water partition coefficient (Wildman–Crippen LogP) is 4.22. The Labute approximate surface area is 151 Å². The van der Waals surface area contributed by atoms with E-state index in [2.05, 4.69) is 9.97 Å². The van der Waals surface area contributed by atoms with Gasteiger partial charge in [0.2, 0.25) is 0 Å². The molecule has 2 heterocycles. The second-order valence-electron chi connectivity index (χ2n) is 5.58. The molecule has 0 aliphatic carbocycles. The number of nitrogens with zero attached hydrogens (tertiary/aromatic N) is 3. The van der Waals surface area contributed by atoms with Crippen LogP contribution < -0.4 is 0 Å². The number of hydrogen-bond acceptors (Lipinski definition) is 3. The highest BCUT2D eigenvalue weighted by Gasteiger charge is 2.31. The van der Waals surface area contributed by atoms with Crippen LogP contribution in [0.15, 0.2) is 12.3 Å². The Kier molecular flexibility index (Phi) is 5.63. The molecule has 0 fully saturated rings. The van der Waals surface area contributed by atoms with E-state index in [9.17, 15) is 18.0 Å². The Hall–Kier alpha value is -1.80. The molecule has 0 bridgehead atoms. The molecule has 0 spiro atoms. The first-order chi connectivity index (χ1) is 11.5. The molecule has 0 amide bonds. The Balaban J connectivity index is 2.36. The molecule has 0 aliphatic rings. The van der Waals surface area contributed by atoms with E-state index in [0.717, 1.165) is 6.07 Å². The van der Waals surface area contributed by atoms with Gasteiger partial charge in [-0.15, -0.1) is 0 Å². The van der Waals surface area contributed by atoms with Crippen LogP contribution in [0.2, 0.25) is 10.2 Å². The summed E-state index contributed by atoms with van der Waals surface area (Å²) in [7, 11) is 0. The molecule has 0 saturated heterocycles. The molecule has 5 nitrogen and oxygen atoms in total. The molecule has 1 unspecified atom stereocenters. The zero-order valence-electron chi connectivity index (χ0n) is 13.2. The van der Waals surface area contributed by atoms with Gasteiger partial charge in [-0.2, -0.15) is 13.2 Å². The lowest BCUT2D eigenvalue weighted by Gasteiger charge is -2.14. The molecule has 136 valence electrons. The van der Waals surface area contributed by atoms with Crippen LogP contribution in [0.1, 0.15) is 29.7 Å². The molecular weight excluding hydrogens is 382 g/mol. The third-order valence-corrected chi connectivity index (χ3v) is 4.32. The molecule has 2 aromatic rings. The second kappa shape index (κ2) is 7.21. The summed E-state index contributed by atoms with van der Waals surface area (Å²) >= 11 is 12.0. The summed E-state index contributed by atoms with van der Waals surface area (Å²) in [5.74, 6) is -1.22. The van der Waals surface area contributed by atoms with Gasteiger partial charge in [-0.05, 0) is 13.0 Å². The lowest BCUT2D eigenvalue weighted by molar-refractivity contribution is -0.141. The van der Waals surface area contributed by atoms with Gasteiger partial charge in [-0.25, -0.2) is 4.98 Å². The standard InChI is InChI=1S/C15H14Cl2F3N3O2/c1-7(14(24)25)3-12-13(17)22-8(2)23(12)6-11-10(16)4-9(5-21-11)15(18,19)20/h4-5,7H,3,6H2,1-2H3,(H,24,25). The third-order valence-electron chi connectivity index (χ3n) is 3.69. The number of carbonyl (C=O) groups is 1. The highest BCUT2D eigenvalue weighted by atomic mass is 35.5. The van der Waals surface area contributed by atoms with Crippen molar-refractivity contribution < 1.29 is 23.1 Å². The van der Waals surface area contributed by atoms with E-state index >= 15 is 0 Å². The second-order valence-corrected chi connectivity index (χ2v) is 6.34. The monoisotopic (exact) mass is 395 g/mol. The van der Waals surface area contributed by atoms with Crippen LogP contribution in [0.3, 0.4) is 0 Å². The Morgan fingerprint density at radius 2 is 2.04 bits per heavy atom. The fourth-order valence-corrected chi connectivity index (χ4v) is 2.77. The average Bonchev–Trinajstić information content (AvgIpc) is 2.74. The van der Waals surface area contributed by atoms with Crippen LogP contribution >= 0.6 is 23.2 Å². The smallest absolute Gasteiger partial charge is 0.417 e. The number of hydrogen-bond donors (Lipinski definition) is 1. The molecule has 2 aromatic heterocycles. The average molecular weight is 396 g/mol. The fourth-order valence-electron chi connectivity index (χ4n) is 2.24. The number of pyridine rings is 1. The summed E-state index contributed by atoms with van der Waals surface area (Å²) in [5.41, 5.74) is -0.274. The number of aromatic nitrogens is 3. The molecule has 25 heavy (non-hydrogen) atoms.